The Hall–Kier alpha value is -8.20. The molecule has 0 atom stereocenters. The highest BCUT2D eigenvalue weighted by atomic mass is 15.1. The van der Waals surface area contributed by atoms with Gasteiger partial charge in [-0.25, -0.2) is 0 Å². The molecule has 0 amide bonds. The Kier molecular flexibility index (Phi) is 10.3. The molecule has 2 heteroatoms. The second-order valence-corrected chi connectivity index (χ2v) is 21.1. The minimum absolute atomic E-state index is 0.0000420. The molecule has 0 fully saturated rings. The van der Waals surface area contributed by atoms with Crippen molar-refractivity contribution in [3.05, 3.63) is 242 Å². The fourth-order valence-electron chi connectivity index (χ4n) is 10.6. The van der Waals surface area contributed by atoms with Gasteiger partial charge in [0.25, 0.3) is 0 Å². The van der Waals surface area contributed by atoms with Crippen LogP contribution in [0.25, 0.3) is 93.2 Å². The first-order valence-corrected chi connectivity index (χ1v) is 24.7. The van der Waals surface area contributed by atoms with E-state index in [1.165, 1.54) is 104 Å². The van der Waals surface area contributed by atoms with Crippen molar-refractivity contribution in [1.29, 1.82) is 0 Å². The summed E-state index contributed by atoms with van der Waals surface area (Å²) >= 11 is 0. The van der Waals surface area contributed by atoms with Crippen LogP contribution in [-0.4, -0.2) is 4.57 Å². The van der Waals surface area contributed by atoms with Crippen LogP contribution < -0.4 is 4.90 Å². The summed E-state index contributed by atoms with van der Waals surface area (Å²) in [6.45, 7) is 13.9. The zero-order valence-electron chi connectivity index (χ0n) is 40.8. The highest BCUT2D eigenvalue weighted by molar-refractivity contribution is 6.16. The third kappa shape index (κ3) is 7.71. The average molecular weight is 901 g/mol. The van der Waals surface area contributed by atoms with Gasteiger partial charge < -0.3 is 9.47 Å². The molecule has 0 spiro atoms. The lowest BCUT2D eigenvalue weighted by molar-refractivity contribution is 0.591. The molecule has 0 N–H and O–H groups in total. The van der Waals surface area contributed by atoms with Gasteiger partial charge in [0.1, 0.15) is 0 Å². The van der Waals surface area contributed by atoms with Crippen molar-refractivity contribution in [3.8, 4) is 39.1 Å². The number of hydrogen-bond donors (Lipinski definition) is 0. The topological polar surface area (TPSA) is 8.17 Å². The molecule has 0 aliphatic rings. The molecular weight excluding hydrogens is 845 g/mol. The van der Waals surface area contributed by atoms with Gasteiger partial charge in [0.2, 0.25) is 0 Å². The molecule has 0 unspecified atom stereocenters. The quantitative estimate of drug-likeness (QED) is 0.145. The van der Waals surface area contributed by atoms with E-state index in [4.69, 9.17) is 0 Å². The molecule has 12 aromatic rings. The van der Waals surface area contributed by atoms with Gasteiger partial charge >= 0.3 is 0 Å². The molecule has 0 aliphatic carbocycles. The van der Waals surface area contributed by atoms with Gasteiger partial charge in [0.05, 0.1) is 11.0 Å². The molecule has 0 saturated heterocycles. The van der Waals surface area contributed by atoms with E-state index in [-0.39, 0.29) is 10.8 Å². The van der Waals surface area contributed by atoms with Crippen molar-refractivity contribution in [3.63, 3.8) is 0 Å². The SMILES string of the molecule is CC(C)(C)c1ccc2c3c(-c4cccc(N(c5ccc(-c6ccc7ccccc7c6)cc5)c5ccc(-c6ccc7c(ccc8ccccc87)c6)cc5)c4)cc(C(C)(C)C)cc3n(-c3ccccc3)c2c1. The van der Waals surface area contributed by atoms with E-state index >= 15 is 0 Å². The third-order valence-electron chi connectivity index (χ3n) is 14.4. The first-order valence-electron chi connectivity index (χ1n) is 24.7. The number of rotatable bonds is 7. The maximum absolute atomic E-state index is 2.49. The fourth-order valence-corrected chi connectivity index (χ4v) is 10.6. The van der Waals surface area contributed by atoms with Crippen LogP contribution in [0.3, 0.4) is 0 Å². The molecule has 2 nitrogen and oxygen atoms in total. The van der Waals surface area contributed by atoms with Crippen molar-refractivity contribution in [2.24, 2.45) is 0 Å². The van der Waals surface area contributed by atoms with Crippen LogP contribution in [0.2, 0.25) is 0 Å². The van der Waals surface area contributed by atoms with Crippen LogP contribution in [0, 0.1) is 0 Å². The van der Waals surface area contributed by atoms with E-state index in [9.17, 15) is 0 Å². The summed E-state index contributed by atoms with van der Waals surface area (Å²) in [6.07, 6.45) is 0. The van der Waals surface area contributed by atoms with E-state index in [1.54, 1.807) is 0 Å². The molecule has 0 bridgehead atoms. The smallest absolute Gasteiger partial charge is 0.0550 e. The maximum atomic E-state index is 2.49. The summed E-state index contributed by atoms with van der Waals surface area (Å²) in [5.74, 6) is 0. The summed E-state index contributed by atoms with van der Waals surface area (Å²) in [5, 5.41) is 10.1. The normalized spacial score (nSPS) is 12.1. The summed E-state index contributed by atoms with van der Waals surface area (Å²) in [6, 6.07) is 85.6. The molecule has 12 rings (SSSR count). The minimum Gasteiger partial charge on any atom is -0.310 e. The van der Waals surface area contributed by atoms with Crippen molar-refractivity contribution >= 4 is 71.2 Å². The highest BCUT2D eigenvalue weighted by Gasteiger charge is 2.25. The van der Waals surface area contributed by atoms with Crippen LogP contribution >= 0.6 is 0 Å². The Morgan fingerprint density at radius 3 is 1.56 bits per heavy atom. The second-order valence-electron chi connectivity index (χ2n) is 21.1. The molecular formula is C68H56N2. The first kappa shape index (κ1) is 43.1. The number of benzene rings is 11. The lowest BCUT2D eigenvalue weighted by Crippen LogP contribution is -2.12. The summed E-state index contributed by atoms with van der Waals surface area (Å²) in [5.41, 5.74) is 16.6. The van der Waals surface area contributed by atoms with Crippen molar-refractivity contribution in [1.82, 2.24) is 4.57 Å². The standard InChI is InChI=1S/C68H56N2/c1-67(2,3)54-32-38-62-64(43-54)70(56-19-8-7-9-20-56)65-44-55(68(4,5)6)42-63(66(62)65)52-18-14-21-59(41-52)69(57-33-27-46(28-34-57)50-25-23-45-15-10-11-17-49(45)39-50)58-35-29-47(30-36-58)51-31-37-61-53(40-51)26-24-48-16-12-13-22-60(48)61/h7-44H,1-6H3. The maximum Gasteiger partial charge on any atom is 0.0550 e. The first-order chi connectivity index (χ1) is 33.9. The van der Waals surface area contributed by atoms with E-state index in [2.05, 4.69) is 282 Å². The van der Waals surface area contributed by atoms with E-state index in [1.807, 2.05) is 0 Å². The molecule has 11 aromatic carbocycles. The lowest BCUT2D eigenvalue weighted by Gasteiger charge is -2.27. The fraction of sp³-hybridized carbons (Fsp3) is 0.118. The Bertz CT molecular complexity index is 3930. The molecule has 338 valence electrons. The van der Waals surface area contributed by atoms with Crippen molar-refractivity contribution in [2.45, 2.75) is 52.4 Å². The minimum atomic E-state index is -0.0888. The van der Waals surface area contributed by atoms with Gasteiger partial charge in [-0.05, 0) is 167 Å². The van der Waals surface area contributed by atoms with Crippen LogP contribution in [-0.2, 0) is 10.8 Å². The molecule has 0 radical (unpaired) electrons. The predicted octanol–water partition coefficient (Wildman–Crippen LogP) is 19.3. The third-order valence-corrected chi connectivity index (χ3v) is 14.4. The average Bonchev–Trinajstić information content (AvgIpc) is 3.72. The highest BCUT2D eigenvalue weighted by Crippen LogP contribution is 2.45. The predicted molar refractivity (Wildman–Crippen MR) is 302 cm³/mol. The summed E-state index contributed by atoms with van der Waals surface area (Å²) in [4.78, 5) is 2.41. The monoisotopic (exact) mass is 900 g/mol. The molecule has 0 saturated carbocycles. The zero-order chi connectivity index (χ0) is 47.7. The van der Waals surface area contributed by atoms with Gasteiger partial charge in [-0.2, -0.15) is 0 Å². The van der Waals surface area contributed by atoms with Gasteiger partial charge in [0, 0.05) is 33.5 Å². The van der Waals surface area contributed by atoms with E-state index in [0.29, 0.717) is 0 Å². The largest absolute Gasteiger partial charge is 0.310 e. The van der Waals surface area contributed by atoms with Gasteiger partial charge in [0.15, 0.2) is 0 Å². The number of fused-ring (bicyclic) bond motifs is 7. The number of para-hydroxylation sites is 1. The Morgan fingerprint density at radius 2 is 0.857 bits per heavy atom. The van der Waals surface area contributed by atoms with Crippen LogP contribution in [0.1, 0.15) is 52.7 Å². The number of nitrogens with zero attached hydrogens (tertiary/aromatic N) is 2. The Labute approximate surface area is 411 Å². The van der Waals surface area contributed by atoms with Gasteiger partial charge in [-0.3, -0.25) is 0 Å². The number of hydrogen-bond acceptors (Lipinski definition) is 1. The summed E-state index contributed by atoms with van der Waals surface area (Å²) in [7, 11) is 0. The van der Waals surface area contributed by atoms with Gasteiger partial charge in [-0.15, -0.1) is 0 Å². The Balaban J connectivity index is 1.02. The van der Waals surface area contributed by atoms with Gasteiger partial charge in [-0.1, -0.05) is 193 Å². The summed E-state index contributed by atoms with van der Waals surface area (Å²) < 4.78 is 2.49. The second kappa shape index (κ2) is 16.8. The number of aromatic nitrogens is 1. The van der Waals surface area contributed by atoms with Crippen molar-refractivity contribution in [2.75, 3.05) is 4.90 Å². The molecule has 70 heavy (non-hydrogen) atoms. The van der Waals surface area contributed by atoms with Crippen LogP contribution in [0.4, 0.5) is 17.1 Å². The molecule has 0 aliphatic heterocycles. The molecule has 1 aromatic heterocycles. The molecule has 1 heterocycles. The van der Waals surface area contributed by atoms with E-state index in [0.717, 1.165) is 17.1 Å². The zero-order valence-corrected chi connectivity index (χ0v) is 40.8. The number of anilines is 3. The van der Waals surface area contributed by atoms with Crippen molar-refractivity contribution < 1.29 is 0 Å². The van der Waals surface area contributed by atoms with Crippen LogP contribution in [0.5, 0.6) is 0 Å². The van der Waals surface area contributed by atoms with E-state index < -0.39 is 0 Å². The lowest BCUT2D eigenvalue weighted by atomic mass is 9.83. The Morgan fingerprint density at radius 1 is 0.314 bits per heavy atom. The van der Waals surface area contributed by atoms with Crippen LogP contribution in [0.15, 0.2) is 231 Å².